The Kier molecular flexibility index (Phi) is 6.48. The smallest absolute Gasteiger partial charge is 0.337 e. The second-order valence-corrected chi connectivity index (χ2v) is 8.26. The van der Waals surface area contributed by atoms with E-state index in [0.29, 0.717) is 17.3 Å². The molecule has 1 atom stereocenters. The standard InChI is InChI=1S/C19H20N4O3S2/c1-12(28-19-22-21-16(23(19)2)15-5-4-10-27-15)17(24)20-11-13-6-8-14(9-7-13)18(25)26-3/h4-10,12H,11H2,1-3H3,(H,20,24). The molecule has 0 aliphatic rings. The monoisotopic (exact) mass is 416 g/mol. The maximum Gasteiger partial charge on any atom is 0.337 e. The van der Waals surface area contributed by atoms with Crippen LogP contribution in [0.3, 0.4) is 0 Å². The van der Waals surface area contributed by atoms with Gasteiger partial charge in [0.25, 0.3) is 0 Å². The number of rotatable bonds is 7. The van der Waals surface area contributed by atoms with Crippen molar-refractivity contribution in [2.45, 2.75) is 23.9 Å². The fourth-order valence-electron chi connectivity index (χ4n) is 2.46. The molecule has 1 amide bonds. The highest BCUT2D eigenvalue weighted by atomic mass is 32.2. The summed E-state index contributed by atoms with van der Waals surface area (Å²) < 4.78 is 6.57. The zero-order valence-electron chi connectivity index (χ0n) is 15.7. The van der Waals surface area contributed by atoms with Gasteiger partial charge in [0.1, 0.15) is 0 Å². The lowest BCUT2D eigenvalue weighted by atomic mass is 10.1. The predicted molar refractivity (Wildman–Crippen MR) is 109 cm³/mol. The average Bonchev–Trinajstić information content (AvgIpc) is 3.36. The van der Waals surface area contributed by atoms with Gasteiger partial charge in [0.2, 0.25) is 5.91 Å². The minimum atomic E-state index is -0.383. The zero-order valence-corrected chi connectivity index (χ0v) is 17.3. The molecule has 1 N–H and O–H groups in total. The summed E-state index contributed by atoms with van der Waals surface area (Å²) in [6.45, 7) is 2.21. The van der Waals surface area contributed by atoms with Crippen molar-refractivity contribution < 1.29 is 14.3 Å². The van der Waals surface area contributed by atoms with Crippen LogP contribution in [0.15, 0.2) is 46.9 Å². The lowest BCUT2D eigenvalue weighted by Crippen LogP contribution is -2.30. The van der Waals surface area contributed by atoms with E-state index >= 15 is 0 Å². The summed E-state index contributed by atoms with van der Waals surface area (Å²) in [7, 11) is 3.24. The molecule has 3 rings (SSSR count). The number of esters is 1. The highest BCUT2D eigenvalue weighted by Crippen LogP contribution is 2.28. The molecule has 28 heavy (non-hydrogen) atoms. The van der Waals surface area contributed by atoms with Gasteiger partial charge in [-0.05, 0) is 36.1 Å². The number of nitrogens with zero attached hydrogens (tertiary/aromatic N) is 3. The van der Waals surface area contributed by atoms with Crippen molar-refractivity contribution in [3.05, 3.63) is 52.9 Å². The van der Waals surface area contributed by atoms with Gasteiger partial charge in [0, 0.05) is 13.6 Å². The molecule has 0 aliphatic carbocycles. The molecule has 1 unspecified atom stereocenters. The summed E-state index contributed by atoms with van der Waals surface area (Å²) in [5.74, 6) is 0.310. The Hall–Kier alpha value is -2.65. The van der Waals surface area contributed by atoms with Crippen LogP contribution in [0.1, 0.15) is 22.8 Å². The van der Waals surface area contributed by atoms with Crippen LogP contribution in [-0.2, 0) is 23.1 Å². The van der Waals surface area contributed by atoms with Crippen molar-refractivity contribution in [3.8, 4) is 10.7 Å². The first-order valence-corrected chi connectivity index (χ1v) is 10.3. The number of thiophene rings is 1. The first kappa shape index (κ1) is 20.1. The van der Waals surface area contributed by atoms with E-state index in [1.54, 1.807) is 35.6 Å². The summed E-state index contributed by atoms with van der Waals surface area (Å²) in [6.07, 6.45) is 0. The van der Waals surface area contributed by atoms with E-state index in [2.05, 4.69) is 20.3 Å². The largest absolute Gasteiger partial charge is 0.465 e. The molecule has 3 aromatic rings. The summed E-state index contributed by atoms with van der Waals surface area (Å²) in [6, 6.07) is 10.9. The quantitative estimate of drug-likeness (QED) is 0.470. The average molecular weight is 417 g/mol. The van der Waals surface area contributed by atoms with E-state index in [1.807, 2.05) is 36.1 Å². The Morgan fingerprint density at radius 2 is 2.00 bits per heavy atom. The lowest BCUT2D eigenvalue weighted by Gasteiger charge is -2.12. The molecular weight excluding hydrogens is 396 g/mol. The normalized spacial score (nSPS) is 11.8. The first-order chi connectivity index (χ1) is 13.5. The van der Waals surface area contributed by atoms with Gasteiger partial charge in [0.15, 0.2) is 11.0 Å². The summed E-state index contributed by atoms with van der Waals surface area (Å²) in [5.41, 5.74) is 1.38. The third kappa shape index (κ3) is 4.60. The van der Waals surface area contributed by atoms with E-state index < -0.39 is 0 Å². The molecule has 2 aromatic heterocycles. The summed E-state index contributed by atoms with van der Waals surface area (Å²) in [4.78, 5) is 24.9. The molecule has 0 fully saturated rings. The van der Waals surface area contributed by atoms with Gasteiger partial charge in [-0.1, -0.05) is 30.0 Å². The molecule has 0 bridgehead atoms. The number of hydrogen-bond donors (Lipinski definition) is 1. The van der Waals surface area contributed by atoms with Gasteiger partial charge in [-0.3, -0.25) is 4.79 Å². The number of nitrogens with one attached hydrogen (secondary N) is 1. The van der Waals surface area contributed by atoms with Crippen LogP contribution >= 0.6 is 23.1 Å². The third-order valence-corrected chi connectivity index (χ3v) is 6.07. The topological polar surface area (TPSA) is 86.1 Å². The van der Waals surface area contributed by atoms with Crippen molar-refractivity contribution in [2.24, 2.45) is 7.05 Å². The van der Waals surface area contributed by atoms with Crippen molar-refractivity contribution in [1.29, 1.82) is 0 Å². The summed E-state index contributed by atoms with van der Waals surface area (Å²) >= 11 is 2.96. The third-order valence-electron chi connectivity index (χ3n) is 4.07. The van der Waals surface area contributed by atoms with Crippen molar-refractivity contribution >= 4 is 35.0 Å². The van der Waals surface area contributed by atoms with E-state index in [0.717, 1.165) is 16.3 Å². The van der Waals surface area contributed by atoms with E-state index in [-0.39, 0.29) is 17.1 Å². The second-order valence-electron chi connectivity index (χ2n) is 6.01. The van der Waals surface area contributed by atoms with E-state index in [4.69, 9.17) is 0 Å². The number of benzene rings is 1. The SMILES string of the molecule is COC(=O)c1ccc(CNC(=O)C(C)Sc2nnc(-c3cccs3)n2C)cc1. The zero-order chi connectivity index (χ0) is 20.1. The lowest BCUT2D eigenvalue weighted by molar-refractivity contribution is -0.120. The first-order valence-electron chi connectivity index (χ1n) is 8.54. The van der Waals surface area contributed by atoms with Gasteiger partial charge in [-0.25, -0.2) is 4.79 Å². The maximum absolute atomic E-state index is 12.4. The minimum Gasteiger partial charge on any atom is -0.465 e. The second kappa shape index (κ2) is 9.03. The Morgan fingerprint density at radius 3 is 2.64 bits per heavy atom. The van der Waals surface area contributed by atoms with Crippen LogP contribution in [0.4, 0.5) is 0 Å². The number of aromatic nitrogens is 3. The van der Waals surface area contributed by atoms with Crippen LogP contribution in [0, 0.1) is 0 Å². The number of thioether (sulfide) groups is 1. The van der Waals surface area contributed by atoms with Crippen LogP contribution < -0.4 is 5.32 Å². The molecule has 0 saturated carbocycles. The van der Waals surface area contributed by atoms with Gasteiger partial charge in [-0.2, -0.15) is 0 Å². The maximum atomic E-state index is 12.4. The molecule has 146 valence electrons. The Labute approximate surface area is 171 Å². The predicted octanol–water partition coefficient (Wildman–Crippen LogP) is 3.13. The minimum absolute atomic E-state index is 0.0947. The van der Waals surface area contributed by atoms with Crippen molar-refractivity contribution in [3.63, 3.8) is 0 Å². The van der Waals surface area contributed by atoms with Crippen LogP contribution in [0.5, 0.6) is 0 Å². The van der Waals surface area contributed by atoms with Crippen molar-refractivity contribution in [1.82, 2.24) is 20.1 Å². The molecule has 0 saturated heterocycles. The van der Waals surface area contributed by atoms with Crippen molar-refractivity contribution in [2.75, 3.05) is 7.11 Å². The molecule has 2 heterocycles. The van der Waals surface area contributed by atoms with E-state index in [1.165, 1.54) is 18.9 Å². The Balaban J connectivity index is 1.56. The highest BCUT2D eigenvalue weighted by molar-refractivity contribution is 8.00. The van der Waals surface area contributed by atoms with Gasteiger partial charge in [0.05, 0.1) is 22.8 Å². The van der Waals surface area contributed by atoms with Gasteiger partial charge >= 0.3 is 5.97 Å². The fraction of sp³-hybridized carbons (Fsp3) is 0.263. The Morgan fingerprint density at radius 1 is 1.25 bits per heavy atom. The van der Waals surface area contributed by atoms with Crippen LogP contribution in [0.25, 0.3) is 10.7 Å². The molecule has 0 radical (unpaired) electrons. The number of carbonyl (C=O) groups is 2. The van der Waals surface area contributed by atoms with Crippen LogP contribution in [-0.4, -0.2) is 39.0 Å². The number of hydrogen-bond acceptors (Lipinski definition) is 7. The molecule has 0 spiro atoms. The molecule has 9 heteroatoms. The fourth-order valence-corrected chi connectivity index (χ4v) is 4.04. The van der Waals surface area contributed by atoms with Gasteiger partial charge < -0.3 is 14.6 Å². The summed E-state index contributed by atoms with van der Waals surface area (Å²) in [5, 5.41) is 13.7. The number of methoxy groups -OCH3 is 1. The number of carbonyl (C=O) groups excluding carboxylic acids is 2. The van der Waals surface area contributed by atoms with Crippen LogP contribution in [0.2, 0.25) is 0 Å². The van der Waals surface area contributed by atoms with Gasteiger partial charge in [-0.15, -0.1) is 21.5 Å². The van der Waals surface area contributed by atoms with E-state index in [9.17, 15) is 9.59 Å². The molecule has 0 aliphatic heterocycles. The highest BCUT2D eigenvalue weighted by Gasteiger charge is 2.19. The number of ether oxygens (including phenoxy) is 1. The molecule has 1 aromatic carbocycles. The number of amides is 1. The Bertz CT molecular complexity index is 952. The molecular formula is C19H20N4O3S2. The molecule has 7 nitrogen and oxygen atoms in total.